The molecule has 0 bridgehead atoms. The van der Waals surface area contributed by atoms with Gasteiger partial charge in [0.15, 0.2) is 5.82 Å². The molecule has 2 heterocycles. The summed E-state index contributed by atoms with van der Waals surface area (Å²) < 4.78 is 5.30. The van der Waals surface area contributed by atoms with Crippen molar-refractivity contribution >= 4 is 18.6 Å². The molecule has 0 saturated heterocycles. The lowest BCUT2D eigenvalue weighted by atomic mass is 9.98. The minimum absolute atomic E-state index is 0.385. The first kappa shape index (κ1) is 22.6. The van der Waals surface area contributed by atoms with Crippen LogP contribution < -0.4 is 4.65 Å². The number of nitrogens with zero attached hydrogens (tertiary/aromatic N) is 3. The lowest BCUT2D eigenvalue weighted by molar-refractivity contribution is 0.454. The average Bonchev–Trinajstić information content (AvgIpc) is 2.97. The van der Waals surface area contributed by atoms with Gasteiger partial charge in [0.2, 0.25) is 0 Å². The maximum Gasteiger partial charge on any atom is 0.504 e. The van der Waals surface area contributed by atoms with Crippen LogP contribution >= 0.6 is 0 Å². The normalized spacial score (nSPS) is 10.8. The Hall–Kier alpha value is -4.81. The second-order valence-corrected chi connectivity index (χ2v) is 8.59. The molecule has 0 aliphatic heterocycles. The Morgan fingerprint density at radius 3 is 2.08 bits per heavy atom. The number of aromatic nitrogens is 3. The summed E-state index contributed by atoms with van der Waals surface area (Å²) in [7, 11) is -0.385. The van der Waals surface area contributed by atoms with Crippen LogP contribution in [0.4, 0.5) is 0 Å². The van der Waals surface area contributed by atoms with Crippen LogP contribution in [0.2, 0.25) is 0 Å². The Morgan fingerprint density at radius 2 is 1.27 bits per heavy atom. The fraction of sp³-hybridized carbons (Fsp3) is 0. The summed E-state index contributed by atoms with van der Waals surface area (Å²) in [5.41, 5.74) is 7.49. The summed E-state index contributed by atoms with van der Waals surface area (Å²) in [6.45, 7) is 0. The first-order valence-electron chi connectivity index (χ1n) is 12.0. The summed E-state index contributed by atoms with van der Waals surface area (Å²) in [4.78, 5) is 14.5. The zero-order valence-corrected chi connectivity index (χ0v) is 20.0. The zero-order chi connectivity index (χ0) is 25.0. The zero-order valence-electron chi connectivity index (χ0n) is 20.0. The predicted molar refractivity (Wildman–Crippen MR) is 149 cm³/mol. The molecule has 6 rings (SSSR count). The molecule has 5 nitrogen and oxygen atoms in total. The Bertz CT molecular complexity index is 1700. The van der Waals surface area contributed by atoms with Gasteiger partial charge in [0, 0.05) is 33.8 Å². The average molecular weight is 479 g/mol. The summed E-state index contributed by atoms with van der Waals surface area (Å²) in [5, 5.41) is 10.3. The minimum Gasteiger partial charge on any atom is -0.539 e. The van der Waals surface area contributed by atoms with Gasteiger partial charge in [0.1, 0.15) is 5.75 Å². The summed E-state index contributed by atoms with van der Waals surface area (Å²) >= 11 is 0. The van der Waals surface area contributed by atoms with Gasteiger partial charge in [-0.2, -0.15) is 0 Å². The predicted octanol–water partition coefficient (Wildman–Crippen LogP) is 6.33. The molecule has 0 unspecified atom stereocenters. The highest BCUT2D eigenvalue weighted by Gasteiger charge is 2.13. The van der Waals surface area contributed by atoms with E-state index in [1.54, 1.807) is 0 Å². The van der Waals surface area contributed by atoms with E-state index in [0.29, 0.717) is 11.6 Å². The van der Waals surface area contributed by atoms with Crippen LogP contribution in [0.5, 0.6) is 5.75 Å². The fourth-order valence-electron chi connectivity index (χ4n) is 4.46. The van der Waals surface area contributed by atoms with E-state index in [2.05, 4.69) is 47.4 Å². The SMILES string of the molecule is OBOc1cccc(-c2cc(-c3cccc(-c4cccc5cccnc45)c3)nc(-c3ccccc3)n2)c1. The molecule has 0 saturated carbocycles. The van der Waals surface area contributed by atoms with Crippen molar-refractivity contribution in [3.63, 3.8) is 0 Å². The van der Waals surface area contributed by atoms with Gasteiger partial charge in [-0.15, -0.1) is 0 Å². The second-order valence-electron chi connectivity index (χ2n) is 8.59. The standard InChI is InChI=1S/C31H22BN3O2/c36-32-37-26-15-5-13-25(19-26)29-20-28(34-31(35-29)22-8-2-1-3-9-22)24-12-4-11-23(18-24)27-16-6-10-21-14-7-17-33-30(21)27/h1-20,32,36H. The van der Waals surface area contributed by atoms with Crippen molar-refractivity contribution in [3.8, 4) is 50.8 Å². The van der Waals surface area contributed by atoms with Gasteiger partial charge >= 0.3 is 7.69 Å². The van der Waals surface area contributed by atoms with Crippen LogP contribution in [-0.2, 0) is 0 Å². The smallest absolute Gasteiger partial charge is 0.504 e. The van der Waals surface area contributed by atoms with Gasteiger partial charge in [-0.05, 0) is 35.9 Å². The fourth-order valence-corrected chi connectivity index (χ4v) is 4.46. The first-order chi connectivity index (χ1) is 18.3. The molecule has 6 aromatic rings. The molecule has 176 valence electrons. The second kappa shape index (κ2) is 10.1. The largest absolute Gasteiger partial charge is 0.539 e. The molecular weight excluding hydrogens is 457 g/mol. The third-order valence-corrected chi connectivity index (χ3v) is 6.22. The van der Waals surface area contributed by atoms with Gasteiger partial charge in [-0.25, -0.2) is 9.97 Å². The highest BCUT2D eigenvalue weighted by Crippen LogP contribution is 2.33. The minimum atomic E-state index is -0.385. The maximum absolute atomic E-state index is 9.20. The van der Waals surface area contributed by atoms with Crippen molar-refractivity contribution in [1.82, 2.24) is 15.0 Å². The van der Waals surface area contributed by atoms with E-state index in [0.717, 1.165) is 50.1 Å². The molecule has 0 fully saturated rings. The lowest BCUT2D eigenvalue weighted by Gasteiger charge is -2.12. The molecule has 1 N–H and O–H groups in total. The molecule has 6 heteroatoms. The van der Waals surface area contributed by atoms with Gasteiger partial charge in [-0.1, -0.05) is 84.9 Å². The molecule has 0 radical (unpaired) electrons. The number of rotatable bonds is 6. The number of pyridine rings is 1. The number of hydrogen-bond donors (Lipinski definition) is 1. The summed E-state index contributed by atoms with van der Waals surface area (Å²) in [5.74, 6) is 1.21. The van der Waals surface area contributed by atoms with Crippen molar-refractivity contribution < 1.29 is 9.68 Å². The molecule has 0 atom stereocenters. The first-order valence-corrected chi connectivity index (χ1v) is 12.0. The Kier molecular flexibility index (Phi) is 6.15. The molecule has 4 aromatic carbocycles. The van der Waals surface area contributed by atoms with Crippen LogP contribution in [0.15, 0.2) is 121 Å². The van der Waals surface area contributed by atoms with E-state index in [-0.39, 0.29) is 7.69 Å². The Labute approximate surface area is 215 Å². The summed E-state index contributed by atoms with van der Waals surface area (Å²) in [6.07, 6.45) is 1.83. The quantitative estimate of drug-likeness (QED) is 0.283. The number of hydrogen-bond acceptors (Lipinski definition) is 5. The number of fused-ring (bicyclic) bond motifs is 1. The van der Waals surface area contributed by atoms with Crippen molar-refractivity contribution in [2.45, 2.75) is 0 Å². The third-order valence-electron chi connectivity index (χ3n) is 6.22. The molecule has 0 aliphatic rings. The van der Waals surface area contributed by atoms with Crippen LogP contribution in [0.1, 0.15) is 0 Å². The van der Waals surface area contributed by atoms with Crippen LogP contribution in [0.25, 0.3) is 55.9 Å². The van der Waals surface area contributed by atoms with Crippen molar-refractivity contribution in [3.05, 3.63) is 121 Å². The van der Waals surface area contributed by atoms with Crippen LogP contribution in [-0.4, -0.2) is 27.7 Å². The van der Waals surface area contributed by atoms with E-state index >= 15 is 0 Å². The van der Waals surface area contributed by atoms with Crippen molar-refractivity contribution in [1.29, 1.82) is 0 Å². The topological polar surface area (TPSA) is 68.1 Å². The maximum atomic E-state index is 9.20. The highest BCUT2D eigenvalue weighted by molar-refractivity contribution is 6.17. The van der Waals surface area contributed by atoms with Crippen molar-refractivity contribution in [2.75, 3.05) is 0 Å². The van der Waals surface area contributed by atoms with Gasteiger partial charge in [-0.3, -0.25) is 4.98 Å². The highest BCUT2D eigenvalue weighted by atomic mass is 16.5. The molecule has 0 spiro atoms. The number of benzene rings is 4. The van der Waals surface area contributed by atoms with E-state index < -0.39 is 0 Å². The number of para-hydroxylation sites is 1. The molecule has 0 amide bonds. The lowest BCUT2D eigenvalue weighted by Crippen LogP contribution is -2.00. The van der Waals surface area contributed by atoms with E-state index in [9.17, 15) is 5.02 Å². The Balaban J connectivity index is 1.50. The van der Waals surface area contributed by atoms with Crippen LogP contribution in [0, 0.1) is 0 Å². The molecule has 0 aliphatic carbocycles. The van der Waals surface area contributed by atoms with Gasteiger partial charge < -0.3 is 9.68 Å². The Morgan fingerprint density at radius 1 is 0.595 bits per heavy atom. The molecule has 2 aromatic heterocycles. The van der Waals surface area contributed by atoms with Gasteiger partial charge in [0.25, 0.3) is 0 Å². The van der Waals surface area contributed by atoms with Crippen molar-refractivity contribution in [2.24, 2.45) is 0 Å². The third kappa shape index (κ3) is 4.70. The van der Waals surface area contributed by atoms with E-state index in [4.69, 9.17) is 14.6 Å². The molecule has 37 heavy (non-hydrogen) atoms. The summed E-state index contributed by atoms with van der Waals surface area (Å²) in [6, 6.07) is 38.1. The van der Waals surface area contributed by atoms with Crippen LogP contribution in [0.3, 0.4) is 0 Å². The monoisotopic (exact) mass is 479 g/mol. The van der Waals surface area contributed by atoms with Gasteiger partial charge in [0.05, 0.1) is 16.9 Å². The van der Waals surface area contributed by atoms with E-state index in [1.165, 1.54) is 0 Å². The van der Waals surface area contributed by atoms with E-state index in [1.807, 2.05) is 79.0 Å². The molecular formula is C31H22BN3O2.